The van der Waals surface area contributed by atoms with Crippen LogP contribution in [0, 0.1) is 5.82 Å². The predicted octanol–water partition coefficient (Wildman–Crippen LogP) is 3.58. The van der Waals surface area contributed by atoms with Gasteiger partial charge in [-0.3, -0.25) is 4.40 Å². The van der Waals surface area contributed by atoms with E-state index in [1.807, 2.05) is 16.0 Å². The lowest BCUT2D eigenvalue weighted by Crippen LogP contribution is -2.16. The molecule has 2 aromatic heterocycles. The van der Waals surface area contributed by atoms with Crippen LogP contribution in [0.15, 0.2) is 35.8 Å². The molecule has 1 aliphatic rings. The molecule has 0 unspecified atom stereocenters. The molecule has 0 spiro atoms. The third-order valence-corrected chi connectivity index (χ3v) is 4.24. The van der Waals surface area contributed by atoms with E-state index in [-0.39, 0.29) is 5.82 Å². The second-order valence-electron chi connectivity index (χ2n) is 5.13. The molecule has 1 N–H and O–H groups in total. The van der Waals surface area contributed by atoms with Gasteiger partial charge in [-0.25, -0.2) is 4.39 Å². The van der Waals surface area contributed by atoms with E-state index >= 15 is 0 Å². The van der Waals surface area contributed by atoms with Crippen molar-refractivity contribution in [2.75, 3.05) is 0 Å². The first-order chi connectivity index (χ1) is 10.3. The monoisotopic (exact) mass is 303 g/mol. The van der Waals surface area contributed by atoms with Gasteiger partial charge in [0.2, 0.25) is 5.88 Å². The molecule has 0 bridgehead atoms. The SMILES string of the molecule is Fc1ccc(Oc2nc3sccn3c2CNC2CC2)cc1. The molecule has 0 aliphatic heterocycles. The molecule has 108 valence electrons. The number of nitrogens with zero attached hydrogens (tertiary/aromatic N) is 2. The normalized spacial score (nSPS) is 14.7. The van der Waals surface area contributed by atoms with E-state index < -0.39 is 0 Å². The van der Waals surface area contributed by atoms with Gasteiger partial charge in [-0.05, 0) is 37.1 Å². The number of thiazole rings is 1. The van der Waals surface area contributed by atoms with E-state index in [1.165, 1.54) is 25.0 Å². The second-order valence-corrected chi connectivity index (χ2v) is 6.00. The topological polar surface area (TPSA) is 38.6 Å². The van der Waals surface area contributed by atoms with Gasteiger partial charge in [-0.1, -0.05) is 0 Å². The molecule has 4 rings (SSSR count). The fraction of sp³-hybridized carbons (Fsp3) is 0.267. The van der Waals surface area contributed by atoms with E-state index in [0.717, 1.165) is 17.2 Å². The van der Waals surface area contributed by atoms with Crippen molar-refractivity contribution in [2.24, 2.45) is 0 Å². The van der Waals surface area contributed by atoms with Crippen molar-refractivity contribution in [3.63, 3.8) is 0 Å². The van der Waals surface area contributed by atoms with Gasteiger partial charge in [0.05, 0.1) is 0 Å². The Morgan fingerprint density at radius 3 is 2.90 bits per heavy atom. The first-order valence-corrected chi connectivity index (χ1v) is 7.79. The number of halogens is 1. The molecule has 6 heteroatoms. The zero-order valence-electron chi connectivity index (χ0n) is 11.3. The number of fused-ring (bicyclic) bond motifs is 1. The molecule has 0 atom stereocenters. The Morgan fingerprint density at radius 1 is 1.33 bits per heavy atom. The van der Waals surface area contributed by atoms with E-state index in [2.05, 4.69) is 10.3 Å². The zero-order valence-corrected chi connectivity index (χ0v) is 12.1. The minimum Gasteiger partial charge on any atom is -0.437 e. The smallest absolute Gasteiger partial charge is 0.243 e. The van der Waals surface area contributed by atoms with Gasteiger partial charge in [0, 0.05) is 24.2 Å². The molecule has 0 amide bonds. The quantitative estimate of drug-likeness (QED) is 0.783. The number of aromatic nitrogens is 2. The van der Waals surface area contributed by atoms with E-state index in [9.17, 15) is 4.39 Å². The van der Waals surface area contributed by atoms with Crippen LogP contribution in [0.5, 0.6) is 11.6 Å². The van der Waals surface area contributed by atoms with E-state index in [0.29, 0.717) is 17.7 Å². The Hall–Kier alpha value is -1.92. The summed E-state index contributed by atoms with van der Waals surface area (Å²) in [7, 11) is 0. The van der Waals surface area contributed by atoms with E-state index in [1.54, 1.807) is 23.5 Å². The van der Waals surface area contributed by atoms with Gasteiger partial charge in [0.15, 0.2) is 4.96 Å². The van der Waals surface area contributed by atoms with Gasteiger partial charge in [-0.15, -0.1) is 11.3 Å². The van der Waals surface area contributed by atoms with Crippen molar-refractivity contribution in [1.82, 2.24) is 14.7 Å². The molecule has 3 aromatic rings. The summed E-state index contributed by atoms with van der Waals surface area (Å²) < 4.78 is 20.8. The van der Waals surface area contributed by atoms with Crippen molar-refractivity contribution in [2.45, 2.75) is 25.4 Å². The summed E-state index contributed by atoms with van der Waals surface area (Å²) in [4.78, 5) is 5.42. The minimum absolute atomic E-state index is 0.274. The summed E-state index contributed by atoms with van der Waals surface area (Å²) in [6, 6.07) is 6.61. The molecule has 4 nitrogen and oxygen atoms in total. The number of imidazole rings is 1. The summed E-state index contributed by atoms with van der Waals surface area (Å²) in [5, 5.41) is 5.48. The lowest BCUT2D eigenvalue weighted by atomic mass is 10.3. The van der Waals surface area contributed by atoms with Gasteiger partial charge in [0.1, 0.15) is 17.3 Å². The third-order valence-electron chi connectivity index (χ3n) is 3.49. The van der Waals surface area contributed by atoms with Crippen molar-refractivity contribution in [1.29, 1.82) is 0 Å². The van der Waals surface area contributed by atoms with E-state index in [4.69, 9.17) is 4.74 Å². The maximum atomic E-state index is 13.0. The van der Waals surface area contributed by atoms with Crippen molar-refractivity contribution in [3.8, 4) is 11.6 Å². The lowest BCUT2D eigenvalue weighted by molar-refractivity contribution is 0.454. The Bertz CT molecular complexity index is 761. The summed E-state index contributed by atoms with van der Waals surface area (Å²) in [5.41, 5.74) is 1.00. The highest BCUT2D eigenvalue weighted by Gasteiger charge is 2.23. The Kier molecular flexibility index (Phi) is 3.12. The number of ether oxygens (including phenoxy) is 1. The molecule has 1 saturated carbocycles. The number of hydrogen-bond donors (Lipinski definition) is 1. The first kappa shape index (κ1) is 12.8. The van der Waals surface area contributed by atoms with Crippen LogP contribution >= 0.6 is 11.3 Å². The van der Waals surface area contributed by atoms with Gasteiger partial charge in [0.25, 0.3) is 0 Å². The zero-order chi connectivity index (χ0) is 14.2. The van der Waals surface area contributed by atoms with Gasteiger partial charge < -0.3 is 10.1 Å². The number of benzene rings is 1. The molecule has 1 fully saturated rings. The van der Waals surface area contributed by atoms with Gasteiger partial charge in [-0.2, -0.15) is 4.98 Å². The van der Waals surface area contributed by atoms with Crippen molar-refractivity contribution in [3.05, 3.63) is 47.4 Å². The highest BCUT2D eigenvalue weighted by molar-refractivity contribution is 7.15. The maximum absolute atomic E-state index is 13.0. The van der Waals surface area contributed by atoms with Crippen molar-refractivity contribution < 1.29 is 9.13 Å². The fourth-order valence-corrected chi connectivity index (χ4v) is 2.92. The van der Waals surface area contributed by atoms with Crippen LogP contribution < -0.4 is 10.1 Å². The predicted molar refractivity (Wildman–Crippen MR) is 79.4 cm³/mol. The highest BCUT2D eigenvalue weighted by atomic mass is 32.1. The molecule has 0 radical (unpaired) electrons. The van der Waals surface area contributed by atoms with Crippen LogP contribution in [0.4, 0.5) is 4.39 Å². The minimum atomic E-state index is -0.274. The molecular weight excluding hydrogens is 289 g/mol. The van der Waals surface area contributed by atoms with Crippen LogP contribution in [0.25, 0.3) is 4.96 Å². The Morgan fingerprint density at radius 2 is 2.14 bits per heavy atom. The summed E-state index contributed by atoms with van der Waals surface area (Å²) >= 11 is 1.57. The summed E-state index contributed by atoms with van der Waals surface area (Å²) in [6.07, 6.45) is 4.47. The maximum Gasteiger partial charge on any atom is 0.243 e. The third kappa shape index (κ3) is 2.64. The standard InChI is InChI=1S/C15H14FN3OS/c16-10-1-5-12(6-2-10)20-14-13(9-17-11-3-4-11)19-7-8-21-15(19)18-14/h1-2,5-8,11,17H,3-4,9H2. The van der Waals surface area contributed by atoms with Crippen molar-refractivity contribution >= 4 is 16.3 Å². The average Bonchev–Trinajstić information content (AvgIpc) is 3.10. The highest BCUT2D eigenvalue weighted by Crippen LogP contribution is 2.29. The molecule has 2 heterocycles. The van der Waals surface area contributed by atoms with Crippen LogP contribution in [-0.4, -0.2) is 15.4 Å². The number of rotatable bonds is 5. The van der Waals surface area contributed by atoms with Crippen LogP contribution in [-0.2, 0) is 6.54 Å². The van der Waals surface area contributed by atoms with Crippen LogP contribution in [0.3, 0.4) is 0 Å². The van der Waals surface area contributed by atoms with Crippen LogP contribution in [0.2, 0.25) is 0 Å². The number of hydrogen-bond acceptors (Lipinski definition) is 4. The summed E-state index contributed by atoms with van der Waals surface area (Å²) in [5.74, 6) is 0.903. The number of nitrogens with one attached hydrogen (secondary N) is 1. The fourth-order valence-electron chi connectivity index (χ4n) is 2.20. The molecule has 1 aliphatic carbocycles. The first-order valence-electron chi connectivity index (χ1n) is 6.91. The largest absolute Gasteiger partial charge is 0.437 e. The second kappa shape index (κ2) is 5.13. The molecule has 21 heavy (non-hydrogen) atoms. The lowest BCUT2D eigenvalue weighted by Gasteiger charge is -2.07. The van der Waals surface area contributed by atoms with Crippen LogP contribution in [0.1, 0.15) is 18.5 Å². The average molecular weight is 303 g/mol. The summed E-state index contributed by atoms with van der Waals surface area (Å²) in [6.45, 7) is 0.721. The Balaban J connectivity index is 1.64. The molecule has 0 saturated heterocycles. The Labute approximate surface area is 125 Å². The van der Waals surface area contributed by atoms with Gasteiger partial charge >= 0.3 is 0 Å². The molecule has 1 aromatic carbocycles. The molecular formula is C15H14FN3OS.